The van der Waals surface area contributed by atoms with Crippen LogP contribution in [0.5, 0.6) is 0 Å². The van der Waals surface area contributed by atoms with Crippen LogP contribution in [0.25, 0.3) is 11.1 Å². The molecule has 0 aromatic heterocycles. The van der Waals surface area contributed by atoms with Crippen molar-refractivity contribution >= 4 is 0 Å². The van der Waals surface area contributed by atoms with Crippen molar-refractivity contribution in [2.75, 3.05) is 0 Å². The topological polar surface area (TPSA) is 0 Å². The summed E-state index contributed by atoms with van der Waals surface area (Å²) < 4.78 is 0. The first-order chi connectivity index (χ1) is 8.45. The molecule has 2 atom stereocenters. The standard InChI is InChI=1S/C17H16/c1-3-8-14-12(6-1)13-7-2-4-9-15(13)17-11-5-10-16(14)17/h1-4,6-9,16-17H,5,10-11H2/t16-,17+. The van der Waals surface area contributed by atoms with Crippen LogP contribution in [0.2, 0.25) is 0 Å². The van der Waals surface area contributed by atoms with E-state index in [4.69, 9.17) is 0 Å². The molecule has 0 nitrogen and oxygen atoms in total. The molecule has 0 N–H and O–H groups in total. The zero-order valence-electron chi connectivity index (χ0n) is 9.89. The van der Waals surface area contributed by atoms with Gasteiger partial charge in [-0.15, -0.1) is 0 Å². The Labute approximate surface area is 102 Å². The zero-order chi connectivity index (χ0) is 11.2. The number of hydrogen-bond donors (Lipinski definition) is 0. The monoisotopic (exact) mass is 220 g/mol. The molecule has 84 valence electrons. The Morgan fingerprint density at radius 3 is 1.65 bits per heavy atom. The predicted octanol–water partition coefficient (Wildman–Crippen LogP) is 4.72. The molecule has 1 fully saturated rings. The van der Waals surface area contributed by atoms with Gasteiger partial charge < -0.3 is 0 Å². The Bertz CT molecular complexity index is 516. The van der Waals surface area contributed by atoms with Crippen LogP contribution in [0.15, 0.2) is 48.5 Å². The van der Waals surface area contributed by atoms with Gasteiger partial charge in [0.25, 0.3) is 0 Å². The molecule has 0 unspecified atom stereocenters. The van der Waals surface area contributed by atoms with Crippen molar-refractivity contribution in [3.8, 4) is 11.1 Å². The largest absolute Gasteiger partial charge is 0.0619 e. The van der Waals surface area contributed by atoms with Gasteiger partial charge in [-0.3, -0.25) is 0 Å². The van der Waals surface area contributed by atoms with Crippen molar-refractivity contribution in [2.45, 2.75) is 31.1 Å². The molecule has 2 aliphatic rings. The lowest BCUT2D eigenvalue weighted by Gasteiger charge is -2.30. The van der Waals surface area contributed by atoms with Crippen LogP contribution in [-0.4, -0.2) is 0 Å². The van der Waals surface area contributed by atoms with E-state index in [9.17, 15) is 0 Å². The quantitative estimate of drug-likeness (QED) is 0.602. The second-order valence-corrected chi connectivity index (χ2v) is 5.32. The van der Waals surface area contributed by atoms with E-state index in [0.717, 1.165) is 11.8 Å². The fraction of sp³-hybridized carbons (Fsp3) is 0.294. The molecule has 0 saturated heterocycles. The highest BCUT2D eigenvalue weighted by Gasteiger charge is 2.36. The van der Waals surface area contributed by atoms with Crippen LogP contribution in [-0.2, 0) is 0 Å². The molecular weight excluding hydrogens is 204 g/mol. The smallest absolute Gasteiger partial charge is 0.00867 e. The van der Waals surface area contributed by atoms with Crippen molar-refractivity contribution < 1.29 is 0 Å². The van der Waals surface area contributed by atoms with Crippen molar-refractivity contribution in [1.82, 2.24) is 0 Å². The Morgan fingerprint density at radius 2 is 1.12 bits per heavy atom. The number of benzene rings is 2. The lowest BCUT2D eigenvalue weighted by atomic mass is 9.73. The Hall–Kier alpha value is -1.56. The molecule has 0 bridgehead atoms. The van der Waals surface area contributed by atoms with Gasteiger partial charge in [-0.1, -0.05) is 55.0 Å². The maximum Gasteiger partial charge on any atom is -0.00867 e. The summed E-state index contributed by atoms with van der Waals surface area (Å²) in [5.74, 6) is 1.56. The van der Waals surface area contributed by atoms with Crippen LogP contribution >= 0.6 is 0 Å². The van der Waals surface area contributed by atoms with Crippen molar-refractivity contribution in [3.63, 3.8) is 0 Å². The molecule has 0 spiro atoms. The lowest BCUT2D eigenvalue weighted by Crippen LogP contribution is -2.12. The zero-order valence-corrected chi connectivity index (χ0v) is 9.89. The van der Waals surface area contributed by atoms with Crippen LogP contribution in [0, 0.1) is 0 Å². The molecule has 0 heteroatoms. The van der Waals surface area contributed by atoms with Gasteiger partial charge in [0.1, 0.15) is 0 Å². The molecule has 0 aliphatic heterocycles. The Morgan fingerprint density at radius 1 is 0.647 bits per heavy atom. The van der Waals surface area contributed by atoms with Crippen molar-refractivity contribution in [1.29, 1.82) is 0 Å². The minimum absolute atomic E-state index is 0.779. The van der Waals surface area contributed by atoms with Gasteiger partial charge in [0.15, 0.2) is 0 Å². The third-order valence-electron chi connectivity index (χ3n) is 4.53. The Balaban J connectivity index is 2.04. The molecule has 0 heterocycles. The second-order valence-electron chi connectivity index (χ2n) is 5.32. The second kappa shape index (κ2) is 3.46. The van der Waals surface area contributed by atoms with Crippen molar-refractivity contribution in [2.24, 2.45) is 0 Å². The van der Waals surface area contributed by atoms with E-state index in [1.807, 2.05) is 0 Å². The minimum atomic E-state index is 0.779. The SMILES string of the molecule is c1ccc2c(c1)-c1ccccc1[C@@H]1CCC[C@H]21. The number of rotatable bonds is 0. The first kappa shape index (κ1) is 9.47. The molecule has 2 aromatic carbocycles. The summed E-state index contributed by atoms with van der Waals surface area (Å²) in [6.07, 6.45) is 4.13. The molecule has 2 aliphatic carbocycles. The predicted molar refractivity (Wildman–Crippen MR) is 71.2 cm³/mol. The van der Waals surface area contributed by atoms with Gasteiger partial charge in [0.2, 0.25) is 0 Å². The molecular formula is C17H16. The number of hydrogen-bond acceptors (Lipinski definition) is 0. The molecule has 4 rings (SSSR count). The van der Waals surface area contributed by atoms with E-state index in [1.165, 1.54) is 30.4 Å². The van der Waals surface area contributed by atoms with Gasteiger partial charge in [-0.25, -0.2) is 0 Å². The first-order valence-corrected chi connectivity index (χ1v) is 6.63. The van der Waals surface area contributed by atoms with E-state index < -0.39 is 0 Å². The summed E-state index contributed by atoms with van der Waals surface area (Å²) in [6.45, 7) is 0. The summed E-state index contributed by atoms with van der Waals surface area (Å²) >= 11 is 0. The van der Waals surface area contributed by atoms with E-state index in [1.54, 1.807) is 11.1 Å². The Kier molecular flexibility index (Phi) is 1.93. The van der Waals surface area contributed by atoms with Gasteiger partial charge >= 0.3 is 0 Å². The van der Waals surface area contributed by atoms with Crippen LogP contribution < -0.4 is 0 Å². The summed E-state index contributed by atoms with van der Waals surface area (Å²) in [7, 11) is 0. The lowest BCUT2D eigenvalue weighted by molar-refractivity contribution is 0.616. The van der Waals surface area contributed by atoms with Gasteiger partial charge in [0, 0.05) is 0 Å². The molecule has 17 heavy (non-hydrogen) atoms. The van der Waals surface area contributed by atoms with Gasteiger partial charge in [-0.2, -0.15) is 0 Å². The van der Waals surface area contributed by atoms with Crippen molar-refractivity contribution in [3.05, 3.63) is 59.7 Å². The third-order valence-corrected chi connectivity index (χ3v) is 4.53. The number of fused-ring (bicyclic) bond motifs is 6. The highest BCUT2D eigenvalue weighted by Crippen LogP contribution is 2.54. The summed E-state index contributed by atoms with van der Waals surface area (Å²) in [5.41, 5.74) is 6.14. The fourth-order valence-electron chi connectivity index (χ4n) is 3.84. The van der Waals surface area contributed by atoms with Crippen LogP contribution in [0.1, 0.15) is 42.2 Å². The normalized spacial score (nSPS) is 24.9. The average molecular weight is 220 g/mol. The minimum Gasteiger partial charge on any atom is -0.0619 e. The van der Waals surface area contributed by atoms with Crippen LogP contribution in [0.3, 0.4) is 0 Å². The first-order valence-electron chi connectivity index (χ1n) is 6.63. The summed E-state index contributed by atoms with van der Waals surface area (Å²) in [5, 5.41) is 0. The summed E-state index contributed by atoms with van der Waals surface area (Å²) in [6, 6.07) is 18.0. The maximum atomic E-state index is 2.34. The third kappa shape index (κ3) is 1.24. The maximum absolute atomic E-state index is 2.34. The van der Waals surface area contributed by atoms with E-state index in [-0.39, 0.29) is 0 Å². The van der Waals surface area contributed by atoms with E-state index in [2.05, 4.69) is 48.5 Å². The van der Waals surface area contributed by atoms with Crippen LogP contribution in [0.4, 0.5) is 0 Å². The molecule has 1 saturated carbocycles. The van der Waals surface area contributed by atoms with E-state index in [0.29, 0.717) is 0 Å². The highest BCUT2D eigenvalue weighted by atomic mass is 14.4. The van der Waals surface area contributed by atoms with Gasteiger partial charge in [0.05, 0.1) is 0 Å². The van der Waals surface area contributed by atoms with E-state index >= 15 is 0 Å². The fourth-order valence-corrected chi connectivity index (χ4v) is 3.84. The highest BCUT2D eigenvalue weighted by molar-refractivity contribution is 5.75. The summed E-state index contributed by atoms with van der Waals surface area (Å²) in [4.78, 5) is 0. The average Bonchev–Trinajstić information content (AvgIpc) is 2.89. The molecule has 0 amide bonds. The molecule has 0 radical (unpaired) electrons. The molecule has 2 aromatic rings. The van der Waals surface area contributed by atoms with Gasteiger partial charge in [-0.05, 0) is 46.9 Å².